The van der Waals surface area contributed by atoms with Crippen molar-refractivity contribution >= 4 is 11.6 Å². The number of benzene rings is 1. The van der Waals surface area contributed by atoms with Crippen LogP contribution in [-0.4, -0.2) is 56.0 Å². The molecule has 2 atom stereocenters. The van der Waals surface area contributed by atoms with Gasteiger partial charge in [0.05, 0.1) is 5.92 Å². The van der Waals surface area contributed by atoms with Crippen molar-refractivity contribution in [3.05, 3.63) is 29.8 Å². The van der Waals surface area contributed by atoms with Crippen molar-refractivity contribution in [2.45, 2.75) is 12.8 Å². The lowest BCUT2D eigenvalue weighted by atomic mass is 9.92. The fraction of sp³-hybridized carbons (Fsp3) is 0.588. The summed E-state index contributed by atoms with van der Waals surface area (Å²) in [5.74, 6) is 0.989. The zero-order chi connectivity index (χ0) is 14.8. The maximum absolute atomic E-state index is 12.6. The van der Waals surface area contributed by atoms with E-state index in [0.29, 0.717) is 5.92 Å². The van der Waals surface area contributed by atoms with E-state index in [9.17, 15) is 4.79 Å². The summed E-state index contributed by atoms with van der Waals surface area (Å²) in [6, 6.07) is 8.30. The second kappa shape index (κ2) is 6.06. The minimum Gasteiger partial charge on any atom is -0.384 e. The van der Waals surface area contributed by atoms with Gasteiger partial charge in [0.25, 0.3) is 0 Å². The number of nitrogens with zero attached hydrogens (tertiary/aromatic N) is 2. The molecule has 1 aromatic rings. The van der Waals surface area contributed by atoms with Crippen molar-refractivity contribution in [2.24, 2.45) is 11.8 Å². The molecule has 1 N–H and O–H groups in total. The molecule has 21 heavy (non-hydrogen) atoms. The van der Waals surface area contributed by atoms with E-state index in [1.807, 2.05) is 24.1 Å². The molecule has 2 unspecified atom stereocenters. The summed E-state index contributed by atoms with van der Waals surface area (Å²) in [5.41, 5.74) is 2.44. The maximum atomic E-state index is 12.6. The first kappa shape index (κ1) is 14.4. The van der Waals surface area contributed by atoms with Crippen molar-refractivity contribution in [1.29, 1.82) is 0 Å². The first-order chi connectivity index (χ1) is 10.1. The number of nitrogens with one attached hydrogen (secondary N) is 1. The zero-order valence-corrected chi connectivity index (χ0v) is 13.0. The van der Waals surface area contributed by atoms with Gasteiger partial charge in [-0.1, -0.05) is 18.2 Å². The highest BCUT2D eigenvalue weighted by atomic mass is 16.2. The molecule has 114 valence electrons. The average molecular weight is 287 g/mol. The quantitative estimate of drug-likeness (QED) is 0.919. The molecule has 0 bridgehead atoms. The third-order valence-corrected chi connectivity index (χ3v) is 4.77. The van der Waals surface area contributed by atoms with Crippen molar-refractivity contribution in [3.8, 4) is 0 Å². The molecule has 4 heteroatoms. The molecule has 2 aliphatic heterocycles. The van der Waals surface area contributed by atoms with Crippen LogP contribution in [0.1, 0.15) is 12.0 Å². The third kappa shape index (κ3) is 3.21. The Hall–Kier alpha value is -1.55. The predicted octanol–water partition coefficient (Wildman–Crippen LogP) is 1.68. The normalized spacial score (nSPS) is 25.2. The van der Waals surface area contributed by atoms with Gasteiger partial charge in [0.15, 0.2) is 0 Å². The molecule has 1 aromatic carbocycles. The Morgan fingerprint density at radius 1 is 1.43 bits per heavy atom. The molecule has 0 aliphatic carbocycles. The van der Waals surface area contributed by atoms with Crippen molar-refractivity contribution in [1.82, 2.24) is 9.80 Å². The molecule has 0 saturated carbocycles. The Morgan fingerprint density at radius 2 is 2.24 bits per heavy atom. The number of hydrogen-bond donors (Lipinski definition) is 1. The lowest BCUT2D eigenvalue weighted by molar-refractivity contribution is -0.134. The van der Waals surface area contributed by atoms with E-state index in [2.05, 4.69) is 29.4 Å². The van der Waals surface area contributed by atoms with Gasteiger partial charge in [-0.15, -0.1) is 0 Å². The molecule has 1 saturated heterocycles. The minimum absolute atomic E-state index is 0.0732. The molecule has 1 amide bonds. The van der Waals surface area contributed by atoms with Crippen LogP contribution in [-0.2, 0) is 11.2 Å². The smallest absolute Gasteiger partial charge is 0.227 e. The summed E-state index contributed by atoms with van der Waals surface area (Å²) in [6.07, 6.45) is 2.07. The molecule has 1 fully saturated rings. The van der Waals surface area contributed by atoms with Gasteiger partial charge in [0.1, 0.15) is 0 Å². The summed E-state index contributed by atoms with van der Waals surface area (Å²) in [7, 11) is 4.12. The highest BCUT2D eigenvalue weighted by Gasteiger charge is 2.29. The Morgan fingerprint density at radius 3 is 3.00 bits per heavy atom. The van der Waals surface area contributed by atoms with Crippen LogP contribution in [0.2, 0.25) is 0 Å². The molecule has 4 nitrogen and oxygen atoms in total. The highest BCUT2D eigenvalue weighted by Crippen LogP contribution is 2.25. The first-order valence-corrected chi connectivity index (χ1v) is 7.89. The van der Waals surface area contributed by atoms with E-state index in [4.69, 9.17) is 0 Å². The van der Waals surface area contributed by atoms with E-state index < -0.39 is 0 Å². The lowest BCUT2D eigenvalue weighted by Gasteiger charge is -2.30. The molecule has 2 aliphatic rings. The largest absolute Gasteiger partial charge is 0.384 e. The topological polar surface area (TPSA) is 35.6 Å². The fourth-order valence-electron chi connectivity index (χ4n) is 3.58. The van der Waals surface area contributed by atoms with E-state index >= 15 is 0 Å². The van der Waals surface area contributed by atoms with Gasteiger partial charge < -0.3 is 15.1 Å². The highest BCUT2D eigenvalue weighted by molar-refractivity contribution is 5.80. The molecule has 2 heterocycles. The maximum Gasteiger partial charge on any atom is 0.227 e. The molecule has 0 aromatic heterocycles. The number of carbonyl (C=O) groups excluding carboxylic acids is 1. The van der Waals surface area contributed by atoms with Crippen molar-refractivity contribution < 1.29 is 4.79 Å². The second-order valence-electron chi connectivity index (χ2n) is 6.57. The third-order valence-electron chi connectivity index (χ3n) is 4.77. The summed E-state index contributed by atoms with van der Waals surface area (Å²) < 4.78 is 0. The van der Waals surface area contributed by atoms with Crippen molar-refractivity contribution in [3.63, 3.8) is 0 Å². The van der Waals surface area contributed by atoms with Gasteiger partial charge in [0, 0.05) is 32.4 Å². The van der Waals surface area contributed by atoms with Gasteiger partial charge in [-0.25, -0.2) is 0 Å². The van der Waals surface area contributed by atoms with Gasteiger partial charge in [-0.2, -0.15) is 0 Å². The van der Waals surface area contributed by atoms with Crippen LogP contribution in [0.25, 0.3) is 0 Å². The SMILES string of the molecule is CN1CCC(CN(C)C(=O)C2CNc3ccccc3C2)C1. The Labute approximate surface area is 127 Å². The van der Waals surface area contributed by atoms with Crippen LogP contribution in [0, 0.1) is 11.8 Å². The number of likely N-dealkylation sites (tertiary alicyclic amines) is 1. The van der Waals surface area contributed by atoms with Crippen LogP contribution in [0.15, 0.2) is 24.3 Å². The van der Waals surface area contributed by atoms with Crippen LogP contribution < -0.4 is 5.32 Å². The van der Waals surface area contributed by atoms with E-state index in [1.54, 1.807) is 0 Å². The number of rotatable bonds is 3. The van der Waals surface area contributed by atoms with Gasteiger partial charge in [-0.05, 0) is 44.0 Å². The first-order valence-electron chi connectivity index (χ1n) is 7.89. The van der Waals surface area contributed by atoms with Crippen LogP contribution >= 0.6 is 0 Å². The van der Waals surface area contributed by atoms with Crippen LogP contribution in [0.5, 0.6) is 0 Å². The number of amides is 1. The Bertz CT molecular complexity index is 517. The van der Waals surface area contributed by atoms with E-state index in [1.165, 1.54) is 17.7 Å². The fourth-order valence-corrected chi connectivity index (χ4v) is 3.58. The molecular formula is C17H25N3O. The molecule has 3 rings (SSSR count). The summed E-state index contributed by atoms with van der Waals surface area (Å²) in [5, 5.41) is 3.39. The molecule has 0 spiro atoms. The minimum atomic E-state index is 0.0732. The summed E-state index contributed by atoms with van der Waals surface area (Å²) in [6.45, 7) is 3.92. The lowest BCUT2D eigenvalue weighted by Crippen LogP contribution is -2.41. The van der Waals surface area contributed by atoms with Crippen LogP contribution in [0.3, 0.4) is 0 Å². The Kier molecular flexibility index (Phi) is 4.15. The monoisotopic (exact) mass is 287 g/mol. The van der Waals surface area contributed by atoms with Gasteiger partial charge in [0.2, 0.25) is 5.91 Å². The van der Waals surface area contributed by atoms with Gasteiger partial charge in [-0.3, -0.25) is 4.79 Å². The number of fused-ring (bicyclic) bond motifs is 1. The zero-order valence-electron chi connectivity index (χ0n) is 13.0. The van der Waals surface area contributed by atoms with E-state index in [0.717, 1.165) is 32.6 Å². The average Bonchev–Trinajstić information content (AvgIpc) is 2.91. The number of hydrogen-bond acceptors (Lipinski definition) is 3. The Balaban J connectivity index is 1.58. The predicted molar refractivity (Wildman–Crippen MR) is 85.4 cm³/mol. The number of anilines is 1. The number of para-hydroxylation sites is 1. The summed E-state index contributed by atoms with van der Waals surface area (Å²) in [4.78, 5) is 16.9. The standard InChI is InChI=1S/C17H25N3O/c1-19-8-7-13(11-19)12-20(2)17(21)15-9-14-5-3-4-6-16(14)18-10-15/h3-6,13,15,18H,7-12H2,1-2H3. The van der Waals surface area contributed by atoms with Gasteiger partial charge >= 0.3 is 0 Å². The molecule has 0 radical (unpaired) electrons. The van der Waals surface area contributed by atoms with Crippen LogP contribution in [0.4, 0.5) is 5.69 Å². The molecular weight excluding hydrogens is 262 g/mol. The number of carbonyl (C=O) groups is 1. The van der Waals surface area contributed by atoms with E-state index in [-0.39, 0.29) is 11.8 Å². The van der Waals surface area contributed by atoms with Crippen molar-refractivity contribution in [2.75, 3.05) is 45.6 Å². The summed E-state index contributed by atoms with van der Waals surface area (Å²) >= 11 is 0. The second-order valence-corrected chi connectivity index (χ2v) is 6.57.